The quantitative estimate of drug-likeness (QED) is 0.578. The van der Waals surface area contributed by atoms with Gasteiger partial charge in [-0.3, -0.25) is 0 Å². The van der Waals surface area contributed by atoms with Crippen molar-refractivity contribution in [2.75, 3.05) is 17.4 Å². The second-order valence-electron chi connectivity index (χ2n) is 5.30. The fourth-order valence-electron chi connectivity index (χ4n) is 2.20. The average molecular weight is 333 g/mol. The van der Waals surface area contributed by atoms with Crippen LogP contribution in [0.3, 0.4) is 0 Å². The predicted molar refractivity (Wildman–Crippen MR) is 100 cm³/mol. The van der Waals surface area contributed by atoms with Gasteiger partial charge in [-0.25, -0.2) is 4.79 Å². The summed E-state index contributed by atoms with van der Waals surface area (Å²) in [5.41, 5.74) is 2.67. The average Bonchev–Trinajstić information content (AvgIpc) is 2.65. The van der Waals surface area contributed by atoms with Gasteiger partial charge in [0, 0.05) is 17.1 Å². The third-order valence-corrected chi connectivity index (χ3v) is 3.42. The smallest absolute Gasteiger partial charge is 0.321 e. The zero-order chi connectivity index (χ0) is 17.3. The van der Waals surface area contributed by atoms with E-state index in [1.54, 1.807) is 0 Å². The van der Waals surface area contributed by atoms with Crippen molar-refractivity contribution in [3.05, 3.63) is 84.9 Å². The molecule has 3 aromatic rings. The van der Waals surface area contributed by atoms with E-state index in [9.17, 15) is 4.79 Å². The van der Waals surface area contributed by atoms with E-state index < -0.39 is 0 Å². The molecule has 0 saturated carbocycles. The van der Waals surface area contributed by atoms with E-state index in [0.29, 0.717) is 11.4 Å². The number of carbonyl (C=O) groups excluding carboxylic acids is 1. The number of urea groups is 1. The lowest BCUT2D eigenvalue weighted by molar-refractivity contribution is 0.234. The van der Waals surface area contributed by atoms with E-state index in [1.807, 2.05) is 84.9 Å². The standard InChI is InChI=1S/C20H19N3O2/c24-20(21-15-25-19-9-5-2-6-10-19)23-18-13-11-17(12-14-18)22-16-7-3-1-4-8-16/h1-14,22H,15H2,(H2,21,23,24). The summed E-state index contributed by atoms with van der Waals surface area (Å²) in [6.45, 7) is 0.101. The number of carbonyl (C=O) groups is 1. The number of hydrogen-bond acceptors (Lipinski definition) is 3. The number of ether oxygens (including phenoxy) is 1. The third kappa shape index (κ3) is 5.28. The molecule has 0 saturated heterocycles. The molecule has 0 fully saturated rings. The van der Waals surface area contributed by atoms with Gasteiger partial charge in [-0.2, -0.15) is 0 Å². The van der Waals surface area contributed by atoms with Crippen molar-refractivity contribution in [3.8, 4) is 5.75 Å². The van der Waals surface area contributed by atoms with Gasteiger partial charge in [-0.1, -0.05) is 36.4 Å². The maximum atomic E-state index is 11.9. The van der Waals surface area contributed by atoms with Crippen LogP contribution in [0.1, 0.15) is 0 Å². The number of hydrogen-bond donors (Lipinski definition) is 3. The molecular weight excluding hydrogens is 314 g/mol. The van der Waals surface area contributed by atoms with Gasteiger partial charge in [-0.15, -0.1) is 0 Å². The zero-order valence-corrected chi connectivity index (χ0v) is 13.6. The van der Waals surface area contributed by atoms with Gasteiger partial charge in [0.25, 0.3) is 0 Å². The number of rotatable bonds is 6. The highest BCUT2D eigenvalue weighted by Crippen LogP contribution is 2.18. The Hall–Kier alpha value is -3.47. The molecule has 0 radical (unpaired) electrons. The Labute approximate surface area is 146 Å². The second kappa shape index (κ2) is 8.40. The molecule has 3 N–H and O–H groups in total. The largest absolute Gasteiger partial charge is 0.473 e. The van der Waals surface area contributed by atoms with E-state index in [0.717, 1.165) is 11.4 Å². The molecule has 2 amide bonds. The predicted octanol–water partition coefficient (Wildman–Crippen LogP) is 4.59. The monoisotopic (exact) mass is 333 g/mol. The summed E-state index contributed by atoms with van der Waals surface area (Å²) in [5, 5.41) is 8.70. The molecule has 0 heterocycles. The molecule has 0 aliphatic carbocycles. The highest BCUT2D eigenvalue weighted by atomic mass is 16.5. The first kappa shape index (κ1) is 16.4. The molecule has 5 heteroatoms. The Morgan fingerprint density at radius 1 is 0.720 bits per heavy atom. The molecule has 0 atom stereocenters. The van der Waals surface area contributed by atoms with Crippen LogP contribution in [-0.2, 0) is 0 Å². The molecule has 3 aromatic carbocycles. The summed E-state index contributed by atoms with van der Waals surface area (Å²) < 4.78 is 5.42. The molecule has 5 nitrogen and oxygen atoms in total. The summed E-state index contributed by atoms with van der Waals surface area (Å²) in [6.07, 6.45) is 0. The van der Waals surface area contributed by atoms with Crippen molar-refractivity contribution in [1.82, 2.24) is 5.32 Å². The SMILES string of the molecule is O=C(NCOc1ccccc1)Nc1ccc(Nc2ccccc2)cc1. The fraction of sp³-hybridized carbons (Fsp3) is 0.0500. The van der Waals surface area contributed by atoms with Gasteiger partial charge in [-0.05, 0) is 48.5 Å². The van der Waals surface area contributed by atoms with Crippen molar-refractivity contribution < 1.29 is 9.53 Å². The van der Waals surface area contributed by atoms with Crippen molar-refractivity contribution >= 4 is 23.1 Å². The van der Waals surface area contributed by atoms with Gasteiger partial charge in [0.05, 0.1) is 0 Å². The second-order valence-corrected chi connectivity index (χ2v) is 5.30. The van der Waals surface area contributed by atoms with Gasteiger partial charge in [0.2, 0.25) is 0 Å². The molecule has 0 unspecified atom stereocenters. The zero-order valence-electron chi connectivity index (χ0n) is 13.6. The molecule has 0 aromatic heterocycles. The number of nitrogens with one attached hydrogen (secondary N) is 3. The first-order valence-corrected chi connectivity index (χ1v) is 7.94. The third-order valence-electron chi connectivity index (χ3n) is 3.42. The van der Waals surface area contributed by atoms with Crippen LogP contribution >= 0.6 is 0 Å². The van der Waals surface area contributed by atoms with Gasteiger partial charge in [0.15, 0.2) is 6.73 Å². The van der Waals surface area contributed by atoms with Crippen LogP contribution in [0.15, 0.2) is 84.9 Å². The molecule has 25 heavy (non-hydrogen) atoms. The van der Waals surface area contributed by atoms with Gasteiger partial charge >= 0.3 is 6.03 Å². The van der Waals surface area contributed by atoms with Crippen LogP contribution in [0.25, 0.3) is 0 Å². The van der Waals surface area contributed by atoms with Crippen LogP contribution < -0.4 is 20.7 Å². The first-order valence-electron chi connectivity index (χ1n) is 7.94. The van der Waals surface area contributed by atoms with Crippen LogP contribution in [-0.4, -0.2) is 12.8 Å². The van der Waals surface area contributed by atoms with Crippen molar-refractivity contribution in [2.24, 2.45) is 0 Å². The Kier molecular flexibility index (Phi) is 5.51. The summed E-state index contributed by atoms with van der Waals surface area (Å²) in [7, 11) is 0. The van der Waals surface area contributed by atoms with Gasteiger partial charge in [0.1, 0.15) is 5.75 Å². The van der Waals surface area contributed by atoms with E-state index in [2.05, 4.69) is 16.0 Å². The lowest BCUT2D eigenvalue weighted by Gasteiger charge is -2.10. The van der Waals surface area contributed by atoms with Crippen LogP contribution in [0.5, 0.6) is 5.75 Å². The van der Waals surface area contributed by atoms with E-state index in [4.69, 9.17) is 4.74 Å². The van der Waals surface area contributed by atoms with Crippen LogP contribution in [0.4, 0.5) is 21.9 Å². The lowest BCUT2D eigenvalue weighted by Crippen LogP contribution is -2.31. The Morgan fingerprint density at radius 2 is 1.28 bits per heavy atom. The van der Waals surface area contributed by atoms with Crippen molar-refractivity contribution in [1.29, 1.82) is 0 Å². The molecule has 0 bridgehead atoms. The Balaban J connectivity index is 1.45. The number of para-hydroxylation sites is 2. The van der Waals surface area contributed by atoms with Crippen LogP contribution in [0.2, 0.25) is 0 Å². The normalized spacial score (nSPS) is 9.92. The summed E-state index contributed by atoms with van der Waals surface area (Å²) in [4.78, 5) is 11.9. The Morgan fingerprint density at radius 3 is 1.96 bits per heavy atom. The number of anilines is 3. The number of benzene rings is 3. The van der Waals surface area contributed by atoms with E-state index >= 15 is 0 Å². The maximum absolute atomic E-state index is 11.9. The minimum atomic E-state index is -0.320. The molecule has 0 aliphatic heterocycles. The fourth-order valence-corrected chi connectivity index (χ4v) is 2.20. The summed E-state index contributed by atoms with van der Waals surface area (Å²) in [5.74, 6) is 0.708. The van der Waals surface area contributed by atoms with Crippen LogP contribution in [0, 0.1) is 0 Å². The van der Waals surface area contributed by atoms with Gasteiger partial charge < -0.3 is 20.7 Å². The lowest BCUT2D eigenvalue weighted by atomic mass is 10.2. The summed E-state index contributed by atoms with van der Waals surface area (Å²) in [6, 6.07) is 26.4. The first-order chi connectivity index (χ1) is 12.3. The molecule has 126 valence electrons. The van der Waals surface area contributed by atoms with Crippen molar-refractivity contribution in [3.63, 3.8) is 0 Å². The van der Waals surface area contributed by atoms with E-state index in [1.165, 1.54) is 0 Å². The maximum Gasteiger partial charge on any atom is 0.321 e. The molecular formula is C20H19N3O2. The minimum absolute atomic E-state index is 0.101. The highest BCUT2D eigenvalue weighted by molar-refractivity contribution is 5.89. The number of amides is 2. The Bertz CT molecular complexity index is 790. The van der Waals surface area contributed by atoms with E-state index in [-0.39, 0.29) is 12.8 Å². The molecule has 0 spiro atoms. The topological polar surface area (TPSA) is 62.4 Å². The molecule has 0 aliphatic rings. The minimum Gasteiger partial charge on any atom is -0.473 e. The molecule has 3 rings (SSSR count). The summed E-state index contributed by atoms with van der Waals surface area (Å²) >= 11 is 0. The van der Waals surface area contributed by atoms with Crippen molar-refractivity contribution in [2.45, 2.75) is 0 Å². The highest BCUT2D eigenvalue weighted by Gasteiger charge is 2.02.